The van der Waals surface area contributed by atoms with E-state index in [0.29, 0.717) is 44.0 Å². The van der Waals surface area contributed by atoms with Gasteiger partial charge in [-0.3, -0.25) is 14.4 Å². The fourth-order valence-corrected chi connectivity index (χ4v) is 5.19. The van der Waals surface area contributed by atoms with Gasteiger partial charge < -0.3 is 4.74 Å². The second-order valence-electron chi connectivity index (χ2n) is 9.73. The number of fused-ring (bicyclic) bond motifs is 1. The molecule has 0 amide bonds. The predicted octanol–water partition coefficient (Wildman–Crippen LogP) is 9.03. The summed E-state index contributed by atoms with van der Waals surface area (Å²) in [6, 6.07) is 11.6. The van der Waals surface area contributed by atoms with Gasteiger partial charge in [0.15, 0.2) is 5.82 Å². The van der Waals surface area contributed by atoms with Crippen LogP contribution in [0.25, 0.3) is 28.2 Å². The number of rotatable bonds is 6. The van der Waals surface area contributed by atoms with Gasteiger partial charge in [-0.2, -0.15) is 13.2 Å². The van der Waals surface area contributed by atoms with E-state index in [0.717, 1.165) is 22.7 Å². The number of aromatic nitrogens is 4. The number of nitrogens with zero attached hydrogens (tertiary/aromatic N) is 4. The molecular weight excluding hydrogens is 560 g/mol. The summed E-state index contributed by atoms with van der Waals surface area (Å²) in [6.07, 6.45) is 1.71. The average Bonchev–Trinajstić information content (AvgIpc) is 3.35. The Hall–Kier alpha value is -3.62. The number of imidazole rings is 1. The van der Waals surface area contributed by atoms with Crippen LogP contribution in [0.2, 0.25) is 10.0 Å². The summed E-state index contributed by atoms with van der Waals surface area (Å²) in [7, 11) is 0. The lowest BCUT2D eigenvalue weighted by molar-refractivity contribution is -0.141. The van der Waals surface area contributed by atoms with Gasteiger partial charge in [0.1, 0.15) is 17.1 Å². The summed E-state index contributed by atoms with van der Waals surface area (Å²) in [5, 5.41) is 1.02. The Balaban J connectivity index is 1.70. The molecular formula is C30H25Cl2F3N4O. The molecule has 5 rings (SSSR count). The molecule has 0 spiro atoms. The van der Waals surface area contributed by atoms with Gasteiger partial charge in [0.25, 0.3) is 0 Å². The SMILES string of the molecule is Cc1c(Cl)cc(C(C)c2cccnc2-c2ncc3c(Cl)cccn23)c(OC(C)C)c1-c1ccc(C(F)(F)F)nc1. The maximum Gasteiger partial charge on any atom is 0.433 e. The first-order valence-corrected chi connectivity index (χ1v) is 13.3. The maximum absolute atomic E-state index is 13.2. The van der Waals surface area contributed by atoms with Crippen LogP contribution >= 0.6 is 23.2 Å². The minimum Gasteiger partial charge on any atom is -0.490 e. The second kappa shape index (κ2) is 10.7. The molecule has 4 aromatic heterocycles. The molecule has 0 radical (unpaired) electrons. The van der Waals surface area contributed by atoms with Crippen LogP contribution in [0.1, 0.15) is 49.1 Å². The molecule has 5 nitrogen and oxygen atoms in total. The van der Waals surface area contributed by atoms with E-state index in [1.165, 1.54) is 12.3 Å². The van der Waals surface area contributed by atoms with Crippen LogP contribution in [-0.4, -0.2) is 25.5 Å². The topological polar surface area (TPSA) is 52.3 Å². The molecule has 10 heteroatoms. The highest BCUT2D eigenvalue weighted by atomic mass is 35.5. The molecule has 0 fully saturated rings. The van der Waals surface area contributed by atoms with Crippen LogP contribution in [0.5, 0.6) is 5.75 Å². The van der Waals surface area contributed by atoms with Crippen molar-refractivity contribution in [2.75, 3.05) is 0 Å². The summed E-state index contributed by atoms with van der Waals surface area (Å²) in [5.74, 6) is 0.858. The molecule has 40 heavy (non-hydrogen) atoms. The molecule has 0 saturated carbocycles. The third-order valence-corrected chi connectivity index (χ3v) is 7.42. The summed E-state index contributed by atoms with van der Waals surface area (Å²) < 4.78 is 47.9. The van der Waals surface area contributed by atoms with Crippen molar-refractivity contribution in [1.29, 1.82) is 0 Å². The van der Waals surface area contributed by atoms with Crippen LogP contribution in [0.4, 0.5) is 13.2 Å². The van der Waals surface area contributed by atoms with E-state index < -0.39 is 11.9 Å². The smallest absolute Gasteiger partial charge is 0.433 e. The van der Waals surface area contributed by atoms with Crippen LogP contribution in [0.3, 0.4) is 0 Å². The third-order valence-electron chi connectivity index (χ3n) is 6.70. The Morgan fingerprint density at radius 3 is 2.35 bits per heavy atom. The van der Waals surface area contributed by atoms with Crippen LogP contribution < -0.4 is 4.74 Å². The van der Waals surface area contributed by atoms with Gasteiger partial charge in [-0.15, -0.1) is 0 Å². The predicted molar refractivity (Wildman–Crippen MR) is 151 cm³/mol. The number of hydrogen-bond acceptors (Lipinski definition) is 4. The number of alkyl halides is 3. The number of ether oxygens (including phenoxy) is 1. The number of halogens is 5. The van der Waals surface area contributed by atoms with Crippen molar-refractivity contribution in [3.8, 4) is 28.4 Å². The molecule has 4 heterocycles. The van der Waals surface area contributed by atoms with Gasteiger partial charge in [0.2, 0.25) is 0 Å². The van der Waals surface area contributed by atoms with E-state index in [1.54, 1.807) is 18.5 Å². The maximum atomic E-state index is 13.2. The number of hydrogen-bond donors (Lipinski definition) is 0. The zero-order valence-corrected chi connectivity index (χ0v) is 23.6. The second-order valence-corrected chi connectivity index (χ2v) is 10.5. The number of benzene rings is 1. The average molecular weight is 585 g/mol. The highest BCUT2D eigenvalue weighted by Gasteiger charge is 2.33. The molecule has 0 saturated heterocycles. The van der Waals surface area contributed by atoms with E-state index in [4.69, 9.17) is 27.9 Å². The Morgan fingerprint density at radius 2 is 1.68 bits per heavy atom. The quantitative estimate of drug-likeness (QED) is 0.200. The minimum absolute atomic E-state index is 0.223. The Labute approximate surface area is 239 Å². The summed E-state index contributed by atoms with van der Waals surface area (Å²) in [6.45, 7) is 7.60. The summed E-state index contributed by atoms with van der Waals surface area (Å²) >= 11 is 13.1. The van der Waals surface area contributed by atoms with Crippen molar-refractivity contribution in [3.05, 3.63) is 99.7 Å². The molecule has 206 valence electrons. The first-order valence-electron chi connectivity index (χ1n) is 12.6. The van der Waals surface area contributed by atoms with Crippen molar-refractivity contribution in [1.82, 2.24) is 19.4 Å². The molecule has 0 bridgehead atoms. The zero-order chi connectivity index (χ0) is 28.8. The zero-order valence-electron chi connectivity index (χ0n) is 22.1. The van der Waals surface area contributed by atoms with E-state index in [2.05, 4.69) is 15.0 Å². The first kappa shape index (κ1) is 27.9. The normalized spacial score (nSPS) is 12.8. The lowest BCUT2D eigenvalue weighted by Crippen LogP contribution is -2.12. The van der Waals surface area contributed by atoms with Crippen molar-refractivity contribution in [3.63, 3.8) is 0 Å². The highest BCUT2D eigenvalue weighted by molar-refractivity contribution is 6.33. The standard InChI is InChI=1S/C30H25Cl2F3N4O/c1-16(2)40-28-21(13-23(32)18(4)26(28)19-9-10-25(37-14-19)30(33,34)35)17(3)20-7-5-11-36-27(20)29-38-15-24-22(31)8-6-12-39(24)29/h5-17H,1-4H3. The molecule has 1 atom stereocenters. The largest absolute Gasteiger partial charge is 0.490 e. The van der Waals surface area contributed by atoms with Crippen molar-refractivity contribution in [2.45, 2.75) is 45.9 Å². The van der Waals surface area contributed by atoms with Gasteiger partial charge in [-0.1, -0.05) is 42.3 Å². The third kappa shape index (κ3) is 5.13. The Kier molecular flexibility index (Phi) is 7.50. The van der Waals surface area contributed by atoms with E-state index in [1.807, 2.05) is 62.6 Å². The van der Waals surface area contributed by atoms with Crippen molar-refractivity contribution >= 4 is 28.7 Å². The molecule has 5 aromatic rings. The van der Waals surface area contributed by atoms with E-state index in [-0.39, 0.29) is 12.0 Å². The highest BCUT2D eigenvalue weighted by Crippen LogP contribution is 2.46. The van der Waals surface area contributed by atoms with Gasteiger partial charge in [0.05, 0.1) is 22.8 Å². The van der Waals surface area contributed by atoms with Crippen LogP contribution in [0, 0.1) is 6.92 Å². The van der Waals surface area contributed by atoms with Gasteiger partial charge in [-0.05, 0) is 62.2 Å². The molecule has 0 aliphatic carbocycles. The molecule has 1 unspecified atom stereocenters. The van der Waals surface area contributed by atoms with Crippen LogP contribution in [-0.2, 0) is 6.18 Å². The minimum atomic E-state index is -4.54. The van der Waals surface area contributed by atoms with Crippen molar-refractivity contribution in [2.24, 2.45) is 0 Å². The summed E-state index contributed by atoms with van der Waals surface area (Å²) in [5.41, 5.74) is 3.79. The lowest BCUT2D eigenvalue weighted by atomic mass is 9.87. The Morgan fingerprint density at radius 1 is 0.900 bits per heavy atom. The molecule has 1 aromatic carbocycles. The lowest BCUT2D eigenvalue weighted by Gasteiger charge is -2.25. The molecule has 0 N–H and O–H groups in total. The molecule has 0 aliphatic rings. The monoisotopic (exact) mass is 584 g/mol. The van der Waals surface area contributed by atoms with Crippen molar-refractivity contribution < 1.29 is 17.9 Å². The Bertz CT molecular complexity index is 1700. The van der Waals surface area contributed by atoms with E-state index >= 15 is 0 Å². The molecule has 0 aliphatic heterocycles. The van der Waals surface area contributed by atoms with Gasteiger partial charge >= 0.3 is 6.18 Å². The summed E-state index contributed by atoms with van der Waals surface area (Å²) in [4.78, 5) is 13.0. The van der Waals surface area contributed by atoms with Gasteiger partial charge in [0, 0.05) is 46.2 Å². The fraction of sp³-hybridized carbons (Fsp3) is 0.233. The van der Waals surface area contributed by atoms with E-state index in [9.17, 15) is 13.2 Å². The number of pyridine rings is 3. The van der Waals surface area contributed by atoms with Crippen LogP contribution in [0.15, 0.2) is 67.3 Å². The first-order chi connectivity index (χ1) is 19.0. The fourth-order valence-electron chi connectivity index (χ4n) is 4.77. The van der Waals surface area contributed by atoms with Gasteiger partial charge in [-0.25, -0.2) is 4.98 Å².